The molecule has 132 valence electrons. The van der Waals surface area contributed by atoms with Gasteiger partial charge in [-0.2, -0.15) is 0 Å². The topological polar surface area (TPSA) is 45.7 Å². The van der Waals surface area contributed by atoms with Gasteiger partial charge in [0.15, 0.2) is 0 Å². The number of hydrogen-bond donors (Lipinski definition) is 0. The van der Waals surface area contributed by atoms with Gasteiger partial charge in [-0.1, -0.05) is 12.8 Å². The summed E-state index contributed by atoms with van der Waals surface area (Å²) in [7, 11) is 0. The number of aromatic nitrogens is 1. The first-order valence-electron chi connectivity index (χ1n) is 9.38. The van der Waals surface area contributed by atoms with Crippen LogP contribution in [-0.2, 0) is 9.53 Å². The zero-order valence-electron chi connectivity index (χ0n) is 14.5. The Morgan fingerprint density at radius 2 is 1.96 bits per heavy atom. The maximum absolute atomic E-state index is 11.8. The average Bonchev–Trinajstić information content (AvgIpc) is 2.73. The van der Waals surface area contributed by atoms with Gasteiger partial charge in [0.1, 0.15) is 6.10 Å². The van der Waals surface area contributed by atoms with Crippen LogP contribution in [0.15, 0.2) is 24.5 Å². The van der Waals surface area contributed by atoms with Crippen LogP contribution in [0.2, 0.25) is 0 Å². The summed E-state index contributed by atoms with van der Waals surface area (Å²) in [5.74, 6) is 0.00305. The Kier molecular flexibility index (Phi) is 6.47. The summed E-state index contributed by atoms with van der Waals surface area (Å²) in [6.45, 7) is 5.23. The molecule has 24 heavy (non-hydrogen) atoms. The Balaban J connectivity index is 1.41. The molecule has 2 aliphatic rings. The van der Waals surface area contributed by atoms with Crippen LogP contribution in [0.5, 0.6) is 0 Å². The van der Waals surface area contributed by atoms with Crippen LogP contribution in [0.1, 0.15) is 44.9 Å². The number of piperazine rings is 1. The molecule has 5 nitrogen and oxygen atoms in total. The number of anilines is 1. The zero-order valence-corrected chi connectivity index (χ0v) is 14.5. The Hall–Kier alpha value is -1.62. The largest absolute Gasteiger partial charge is 0.462 e. The van der Waals surface area contributed by atoms with Crippen molar-refractivity contribution in [1.29, 1.82) is 0 Å². The highest BCUT2D eigenvalue weighted by Crippen LogP contribution is 2.18. The standard InChI is InChI=1S/C19H29N3O2/c23-19-8-4-2-1-3-7-18(24-19)9-11-21-12-14-22(15-13-21)17-6-5-10-20-16-17/h5-6,10,16,18H,1-4,7-9,11-15H2. The summed E-state index contributed by atoms with van der Waals surface area (Å²) in [4.78, 5) is 20.9. The molecule has 0 radical (unpaired) electrons. The van der Waals surface area contributed by atoms with Crippen molar-refractivity contribution in [2.45, 2.75) is 51.0 Å². The van der Waals surface area contributed by atoms with E-state index in [9.17, 15) is 4.79 Å². The number of rotatable bonds is 4. The predicted molar refractivity (Wildman–Crippen MR) is 95.1 cm³/mol. The normalized spacial score (nSPS) is 23.9. The minimum Gasteiger partial charge on any atom is -0.462 e. The van der Waals surface area contributed by atoms with Crippen molar-refractivity contribution in [3.05, 3.63) is 24.5 Å². The van der Waals surface area contributed by atoms with Gasteiger partial charge in [0.2, 0.25) is 0 Å². The molecular formula is C19H29N3O2. The van der Waals surface area contributed by atoms with Crippen LogP contribution < -0.4 is 4.90 Å². The lowest BCUT2D eigenvalue weighted by molar-refractivity contribution is -0.149. The zero-order chi connectivity index (χ0) is 16.6. The summed E-state index contributed by atoms with van der Waals surface area (Å²) < 4.78 is 5.67. The van der Waals surface area contributed by atoms with Crippen molar-refractivity contribution in [2.24, 2.45) is 0 Å². The molecule has 1 aromatic heterocycles. The summed E-state index contributed by atoms with van der Waals surface area (Å²) >= 11 is 0. The van der Waals surface area contributed by atoms with Gasteiger partial charge in [-0.3, -0.25) is 14.7 Å². The minimum atomic E-state index is 0.00305. The minimum absolute atomic E-state index is 0.00305. The maximum Gasteiger partial charge on any atom is 0.306 e. The van der Waals surface area contributed by atoms with E-state index in [-0.39, 0.29) is 12.1 Å². The van der Waals surface area contributed by atoms with Gasteiger partial charge in [-0.15, -0.1) is 0 Å². The number of esters is 1. The molecule has 0 aliphatic carbocycles. The smallest absolute Gasteiger partial charge is 0.306 e. The fraction of sp³-hybridized carbons (Fsp3) is 0.684. The highest BCUT2D eigenvalue weighted by Gasteiger charge is 2.20. The van der Waals surface area contributed by atoms with E-state index in [1.807, 2.05) is 18.5 Å². The molecule has 1 aromatic rings. The van der Waals surface area contributed by atoms with Gasteiger partial charge in [0.25, 0.3) is 0 Å². The first kappa shape index (κ1) is 17.2. The van der Waals surface area contributed by atoms with Gasteiger partial charge >= 0.3 is 5.97 Å². The quantitative estimate of drug-likeness (QED) is 0.794. The molecule has 0 amide bonds. The number of hydrogen-bond acceptors (Lipinski definition) is 5. The third-order valence-electron chi connectivity index (χ3n) is 5.11. The van der Waals surface area contributed by atoms with Crippen LogP contribution in [-0.4, -0.2) is 54.7 Å². The SMILES string of the molecule is O=C1CCCCCCC(CCN2CCN(c3cccnc3)CC2)O1. The van der Waals surface area contributed by atoms with E-state index in [1.165, 1.54) is 18.5 Å². The second kappa shape index (κ2) is 9.02. The van der Waals surface area contributed by atoms with E-state index in [0.717, 1.165) is 58.4 Å². The predicted octanol–water partition coefficient (Wildman–Crippen LogP) is 2.86. The molecule has 5 heteroatoms. The maximum atomic E-state index is 11.8. The molecule has 0 aromatic carbocycles. The van der Waals surface area contributed by atoms with E-state index in [0.29, 0.717) is 6.42 Å². The highest BCUT2D eigenvalue weighted by molar-refractivity contribution is 5.69. The van der Waals surface area contributed by atoms with Crippen molar-refractivity contribution >= 4 is 11.7 Å². The first-order valence-corrected chi connectivity index (χ1v) is 9.38. The number of cyclic esters (lactones) is 1. The Bertz CT molecular complexity index is 501. The lowest BCUT2D eigenvalue weighted by atomic mass is 10.1. The number of carbonyl (C=O) groups is 1. The molecule has 2 fully saturated rings. The third-order valence-corrected chi connectivity index (χ3v) is 5.11. The number of nitrogens with zero attached hydrogens (tertiary/aromatic N) is 3. The summed E-state index contributed by atoms with van der Waals surface area (Å²) in [5, 5.41) is 0. The monoisotopic (exact) mass is 331 g/mol. The van der Waals surface area contributed by atoms with Gasteiger partial charge in [0.05, 0.1) is 11.9 Å². The van der Waals surface area contributed by atoms with E-state index in [1.54, 1.807) is 0 Å². The van der Waals surface area contributed by atoms with Crippen LogP contribution in [0.25, 0.3) is 0 Å². The fourth-order valence-corrected chi connectivity index (χ4v) is 3.60. The molecule has 3 heterocycles. The lowest BCUT2D eigenvalue weighted by Gasteiger charge is -2.36. The second-order valence-corrected chi connectivity index (χ2v) is 6.89. The molecule has 3 rings (SSSR count). The summed E-state index contributed by atoms with van der Waals surface area (Å²) in [6, 6.07) is 4.12. The van der Waals surface area contributed by atoms with E-state index in [4.69, 9.17) is 4.74 Å². The van der Waals surface area contributed by atoms with Crippen molar-refractivity contribution in [1.82, 2.24) is 9.88 Å². The molecular weight excluding hydrogens is 302 g/mol. The number of carbonyl (C=O) groups excluding carboxylic acids is 1. The van der Waals surface area contributed by atoms with Crippen LogP contribution in [0, 0.1) is 0 Å². The van der Waals surface area contributed by atoms with Gasteiger partial charge in [-0.05, 0) is 37.8 Å². The molecule has 2 aliphatic heterocycles. The Morgan fingerprint density at radius 3 is 2.75 bits per heavy atom. The van der Waals surface area contributed by atoms with Gasteiger partial charge < -0.3 is 9.64 Å². The molecule has 0 spiro atoms. The van der Waals surface area contributed by atoms with E-state index >= 15 is 0 Å². The van der Waals surface area contributed by atoms with Crippen molar-refractivity contribution in [3.63, 3.8) is 0 Å². The molecule has 1 unspecified atom stereocenters. The van der Waals surface area contributed by atoms with Crippen LogP contribution in [0.3, 0.4) is 0 Å². The van der Waals surface area contributed by atoms with Crippen molar-refractivity contribution in [2.75, 3.05) is 37.6 Å². The summed E-state index contributed by atoms with van der Waals surface area (Å²) in [5.41, 5.74) is 1.21. The fourth-order valence-electron chi connectivity index (χ4n) is 3.60. The second-order valence-electron chi connectivity index (χ2n) is 6.89. The highest BCUT2D eigenvalue weighted by atomic mass is 16.5. The summed E-state index contributed by atoms with van der Waals surface area (Å²) in [6.07, 6.45) is 11.0. The average molecular weight is 331 g/mol. The molecule has 1 atom stereocenters. The van der Waals surface area contributed by atoms with E-state index < -0.39 is 0 Å². The molecule has 0 bridgehead atoms. The van der Waals surface area contributed by atoms with Crippen molar-refractivity contribution in [3.8, 4) is 0 Å². The molecule has 2 saturated heterocycles. The van der Waals surface area contributed by atoms with Crippen molar-refractivity contribution < 1.29 is 9.53 Å². The van der Waals surface area contributed by atoms with Gasteiger partial charge in [0, 0.05) is 45.3 Å². The van der Waals surface area contributed by atoms with Crippen LogP contribution in [0.4, 0.5) is 5.69 Å². The van der Waals surface area contributed by atoms with E-state index in [2.05, 4.69) is 20.9 Å². The Labute approximate surface area is 145 Å². The lowest BCUT2D eigenvalue weighted by Crippen LogP contribution is -2.47. The first-order chi connectivity index (χ1) is 11.8. The molecule has 0 saturated carbocycles. The number of ether oxygens (including phenoxy) is 1. The van der Waals surface area contributed by atoms with Crippen LogP contribution >= 0.6 is 0 Å². The van der Waals surface area contributed by atoms with Gasteiger partial charge in [-0.25, -0.2) is 0 Å². The Morgan fingerprint density at radius 1 is 1.12 bits per heavy atom. The number of pyridine rings is 1. The molecule has 0 N–H and O–H groups in total. The third kappa shape index (κ3) is 5.20.